The first-order valence-electron chi connectivity index (χ1n) is 6.10. The number of hydrogen-bond donors (Lipinski definition) is 2. The van der Waals surface area contributed by atoms with Crippen molar-refractivity contribution in [2.24, 2.45) is 0 Å². The Kier molecular flexibility index (Phi) is 19.6. The van der Waals surface area contributed by atoms with Crippen LogP contribution in [0.1, 0.15) is 40.0 Å². The van der Waals surface area contributed by atoms with Gasteiger partial charge >= 0.3 is 0 Å². The van der Waals surface area contributed by atoms with Crippen molar-refractivity contribution in [1.82, 2.24) is 0 Å². The van der Waals surface area contributed by atoms with Gasteiger partial charge in [0.2, 0.25) is 0 Å². The van der Waals surface area contributed by atoms with Gasteiger partial charge in [0.1, 0.15) is 0 Å². The second kappa shape index (κ2) is 17.2. The normalized spacial score (nSPS) is 10.1. The Labute approximate surface area is 99.6 Å². The summed E-state index contributed by atoms with van der Waals surface area (Å²) in [5, 5.41) is 16.2. The molecular weight excluding hydrogens is 208 g/mol. The van der Waals surface area contributed by atoms with Gasteiger partial charge in [0.25, 0.3) is 0 Å². The average molecular weight is 236 g/mol. The highest BCUT2D eigenvalue weighted by molar-refractivity contribution is 4.39. The van der Waals surface area contributed by atoms with Gasteiger partial charge < -0.3 is 19.7 Å². The molecule has 0 aromatic heterocycles. The summed E-state index contributed by atoms with van der Waals surface area (Å²) < 4.78 is 9.98. The van der Waals surface area contributed by atoms with Crippen LogP contribution in [0.3, 0.4) is 0 Å². The van der Waals surface area contributed by atoms with Gasteiger partial charge in [0.15, 0.2) is 0 Å². The van der Waals surface area contributed by atoms with Crippen molar-refractivity contribution in [3.63, 3.8) is 0 Å². The third-order valence-corrected chi connectivity index (χ3v) is 1.67. The van der Waals surface area contributed by atoms with Crippen LogP contribution >= 0.6 is 0 Å². The molecule has 0 heterocycles. The fourth-order valence-corrected chi connectivity index (χ4v) is 0.902. The summed E-state index contributed by atoms with van der Waals surface area (Å²) in [6.07, 6.45) is 4.20. The van der Waals surface area contributed by atoms with E-state index in [1.54, 1.807) is 0 Å². The summed E-state index contributed by atoms with van der Waals surface area (Å²) in [5.74, 6) is 0. The number of ether oxygens (including phenoxy) is 2. The van der Waals surface area contributed by atoms with Gasteiger partial charge in [0.05, 0.1) is 32.5 Å². The molecule has 0 fully saturated rings. The van der Waals surface area contributed by atoms with Crippen molar-refractivity contribution in [2.75, 3.05) is 33.0 Å². The van der Waals surface area contributed by atoms with E-state index in [9.17, 15) is 0 Å². The van der Waals surface area contributed by atoms with Gasteiger partial charge in [-0.3, -0.25) is 0 Å². The number of hydrogen-bond acceptors (Lipinski definition) is 4. The Balaban J connectivity index is 0. The highest BCUT2D eigenvalue weighted by Crippen LogP contribution is 1.96. The summed E-state index contributed by atoms with van der Waals surface area (Å²) in [4.78, 5) is 0. The number of aliphatic hydroxyl groups excluding tert-OH is 2. The van der Waals surface area contributed by atoms with E-state index >= 15 is 0 Å². The fourth-order valence-electron chi connectivity index (χ4n) is 0.902. The van der Waals surface area contributed by atoms with Crippen molar-refractivity contribution >= 4 is 0 Å². The molecule has 0 saturated heterocycles. The Bertz CT molecular complexity index is 103. The third-order valence-electron chi connectivity index (χ3n) is 1.67. The zero-order chi connectivity index (χ0) is 12.6. The molecule has 0 atom stereocenters. The van der Waals surface area contributed by atoms with Gasteiger partial charge in [-0.05, 0) is 20.3 Å². The molecule has 100 valence electrons. The summed E-state index contributed by atoms with van der Waals surface area (Å²) in [6, 6.07) is 0. The quantitative estimate of drug-likeness (QED) is 0.597. The van der Waals surface area contributed by atoms with E-state index in [4.69, 9.17) is 14.9 Å². The molecule has 0 aliphatic rings. The highest BCUT2D eigenvalue weighted by atomic mass is 16.5. The molecule has 0 unspecified atom stereocenters. The molecule has 0 spiro atoms. The zero-order valence-corrected chi connectivity index (χ0v) is 10.9. The maximum absolute atomic E-state index is 8.09. The first-order chi connectivity index (χ1) is 7.68. The average Bonchev–Trinajstić information content (AvgIpc) is 2.26. The Hall–Kier alpha value is -0.160. The molecule has 2 N–H and O–H groups in total. The second-order valence-corrected chi connectivity index (χ2v) is 3.69. The molecule has 0 aromatic rings. The first kappa shape index (κ1) is 18.2. The van der Waals surface area contributed by atoms with Gasteiger partial charge in [-0.15, -0.1) is 0 Å². The van der Waals surface area contributed by atoms with E-state index in [-0.39, 0.29) is 13.2 Å². The summed E-state index contributed by atoms with van der Waals surface area (Å²) in [7, 11) is 0. The molecule has 0 saturated carbocycles. The minimum absolute atomic E-state index is 0.0278. The molecule has 0 radical (unpaired) electrons. The molecule has 0 bridgehead atoms. The van der Waals surface area contributed by atoms with Gasteiger partial charge in [-0.2, -0.15) is 0 Å². The zero-order valence-electron chi connectivity index (χ0n) is 10.9. The van der Waals surface area contributed by atoms with Crippen LogP contribution in [-0.4, -0.2) is 49.4 Å². The van der Waals surface area contributed by atoms with Crippen LogP contribution in [0, 0.1) is 0 Å². The standard InChI is InChI=1S/C8H18O.C4H10O3/c1-4-5-6-7-9-8(2)3;5-1-3-7-4-2-6/h8H,4-7H2,1-3H3;5-6H,1-4H2. The largest absolute Gasteiger partial charge is 0.394 e. The van der Waals surface area contributed by atoms with E-state index in [0.29, 0.717) is 19.3 Å². The van der Waals surface area contributed by atoms with Crippen molar-refractivity contribution in [2.45, 2.75) is 46.1 Å². The van der Waals surface area contributed by atoms with Crippen LogP contribution in [0.2, 0.25) is 0 Å². The predicted octanol–water partition coefficient (Wildman–Crippen LogP) is 1.59. The summed E-state index contributed by atoms with van der Waals surface area (Å²) in [5.41, 5.74) is 0. The summed E-state index contributed by atoms with van der Waals surface area (Å²) in [6.45, 7) is 7.99. The van der Waals surface area contributed by atoms with Crippen LogP contribution in [0.25, 0.3) is 0 Å². The van der Waals surface area contributed by atoms with Crippen LogP contribution in [0.4, 0.5) is 0 Å². The van der Waals surface area contributed by atoms with Crippen molar-refractivity contribution in [3.05, 3.63) is 0 Å². The second-order valence-electron chi connectivity index (χ2n) is 3.69. The molecule has 0 aromatic carbocycles. The van der Waals surface area contributed by atoms with Gasteiger partial charge in [-0.25, -0.2) is 0 Å². The molecule has 4 heteroatoms. The molecule has 16 heavy (non-hydrogen) atoms. The summed E-state index contributed by atoms with van der Waals surface area (Å²) >= 11 is 0. The van der Waals surface area contributed by atoms with Crippen molar-refractivity contribution < 1.29 is 19.7 Å². The van der Waals surface area contributed by atoms with Crippen LogP contribution in [0.15, 0.2) is 0 Å². The minimum Gasteiger partial charge on any atom is -0.394 e. The van der Waals surface area contributed by atoms with E-state index in [2.05, 4.69) is 25.5 Å². The Morgan fingerprint density at radius 1 is 0.938 bits per heavy atom. The van der Waals surface area contributed by atoms with E-state index in [0.717, 1.165) is 6.61 Å². The van der Waals surface area contributed by atoms with E-state index in [1.807, 2.05) is 0 Å². The molecule has 0 aliphatic heterocycles. The monoisotopic (exact) mass is 236 g/mol. The maximum Gasteiger partial charge on any atom is 0.0698 e. The molecule has 4 nitrogen and oxygen atoms in total. The maximum atomic E-state index is 8.09. The van der Waals surface area contributed by atoms with E-state index < -0.39 is 0 Å². The van der Waals surface area contributed by atoms with Gasteiger partial charge in [0, 0.05) is 6.61 Å². The lowest BCUT2D eigenvalue weighted by Gasteiger charge is -2.05. The number of aliphatic hydroxyl groups is 2. The lowest BCUT2D eigenvalue weighted by Crippen LogP contribution is -2.03. The predicted molar refractivity (Wildman–Crippen MR) is 65.6 cm³/mol. The minimum atomic E-state index is 0.0278. The topological polar surface area (TPSA) is 58.9 Å². The van der Waals surface area contributed by atoms with Gasteiger partial charge in [-0.1, -0.05) is 19.8 Å². The molecule has 0 amide bonds. The molecular formula is C12H28O4. The van der Waals surface area contributed by atoms with Crippen molar-refractivity contribution in [1.29, 1.82) is 0 Å². The fraction of sp³-hybridized carbons (Fsp3) is 1.00. The number of unbranched alkanes of at least 4 members (excludes halogenated alkanes) is 2. The van der Waals surface area contributed by atoms with E-state index in [1.165, 1.54) is 19.3 Å². The first-order valence-corrected chi connectivity index (χ1v) is 6.10. The lowest BCUT2D eigenvalue weighted by molar-refractivity contribution is 0.0650. The lowest BCUT2D eigenvalue weighted by atomic mass is 10.3. The van der Waals surface area contributed by atoms with Crippen LogP contribution in [-0.2, 0) is 9.47 Å². The third kappa shape index (κ3) is 23.6. The SMILES string of the molecule is CCCCCOC(C)C.OCCOCCO. The highest BCUT2D eigenvalue weighted by Gasteiger charge is 1.90. The molecule has 0 rings (SSSR count). The van der Waals surface area contributed by atoms with Crippen molar-refractivity contribution in [3.8, 4) is 0 Å². The Morgan fingerprint density at radius 2 is 1.50 bits per heavy atom. The smallest absolute Gasteiger partial charge is 0.0698 e. The Morgan fingerprint density at radius 3 is 1.88 bits per heavy atom. The van der Waals surface area contributed by atoms with Crippen LogP contribution < -0.4 is 0 Å². The van der Waals surface area contributed by atoms with Crippen LogP contribution in [0.5, 0.6) is 0 Å². The molecule has 0 aliphatic carbocycles. The number of rotatable bonds is 9.